The summed E-state index contributed by atoms with van der Waals surface area (Å²) in [7, 11) is 0. The first-order chi connectivity index (χ1) is 23.3. The maximum atomic E-state index is 2.44. The van der Waals surface area contributed by atoms with Gasteiger partial charge in [-0.25, -0.2) is 0 Å². The lowest BCUT2D eigenvalue weighted by molar-refractivity contribution is 0.750. The summed E-state index contributed by atoms with van der Waals surface area (Å²) in [5.74, 6) is 0. The highest BCUT2D eigenvalue weighted by Crippen LogP contribution is 2.55. The van der Waals surface area contributed by atoms with E-state index in [0.717, 1.165) is 0 Å². The van der Waals surface area contributed by atoms with Gasteiger partial charge in [-0.2, -0.15) is 0 Å². The van der Waals surface area contributed by atoms with E-state index in [1.807, 2.05) is 0 Å². The highest BCUT2D eigenvalue weighted by molar-refractivity contribution is 6.13. The highest BCUT2D eigenvalue weighted by atomic mass is 14.4. The summed E-state index contributed by atoms with van der Waals surface area (Å²) in [5, 5.41) is 10.3. The quantitative estimate of drug-likeness (QED) is 0.141. The van der Waals surface area contributed by atoms with E-state index in [1.54, 1.807) is 0 Å². The first kappa shape index (κ1) is 26.3. The molecular formula is C47H30. The number of hydrogen-bond acceptors (Lipinski definition) is 0. The Kier molecular flexibility index (Phi) is 5.59. The number of hydrogen-bond donors (Lipinski definition) is 0. The van der Waals surface area contributed by atoms with E-state index in [0.29, 0.717) is 0 Å². The van der Waals surface area contributed by atoms with E-state index in [9.17, 15) is 0 Å². The van der Waals surface area contributed by atoms with Crippen molar-refractivity contribution < 1.29 is 0 Å². The summed E-state index contributed by atoms with van der Waals surface area (Å²) in [4.78, 5) is 0. The predicted octanol–water partition coefficient (Wildman–Crippen LogP) is 12.3. The second kappa shape index (κ2) is 10.0. The molecule has 1 aliphatic rings. The fourth-order valence-corrected chi connectivity index (χ4v) is 8.40. The van der Waals surface area contributed by atoms with Crippen molar-refractivity contribution in [3.8, 4) is 22.3 Å². The van der Waals surface area contributed by atoms with Crippen molar-refractivity contribution in [3.63, 3.8) is 0 Å². The normalized spacial score (nSPS) is 13.3. The second-order valence-corrected chi connectivity index (χ2v) is 12.9. The molecule has 0 amide bonds. The van der Waals surface area contributed by atoms with Crippen molar-refractivity contribution >= 4 is 43.1 Å². The Bertz CT molecular complexity index is 2620. The zero-order valence-electron chi connectivity index (χ0n) is 25.8. The fourth-order valence-electron chi connectivity index (χ4n) is 8.40. The van der Waals surface area contributed by atoms with Crippen LogP contribution in [-0.4, -0.2) is 0 Å². The Morgan fingerprint density at radius 2 is 0.894 bits per heavy atom. The zero-order valence-corrected chi connectivity index (χ0v) is 25.8. The molecular weight excluding hydrogens is 565 g/mol. The molecule has 218 valence electrons. The van der Waals surface area contributed by atoms with E-state index in [1.165, 1.54) is 87.6 Å². The third-order valence-electron chi connectivity index (χ3n) is 10.5. The largest absolute Gasteiger partial charge is 0.0713 e. The Morgan fingerprint density at radius 1 is 0.298 bits per heavy atom. The average Bonchev–Trinajstić information content (AvgIpc) is 3.15. The van der Waals surface area contributed by atoms with Crippen LogP contribution in [0, 0.1) is 0 Å². The first-order valence-corrected chi connectivity index (χ1v) is 16.4. The molecule has 0 saturated carbocycles. The zero-order chi connectivity index (χ0) is 31.0. The summed E-state index contributed by atoms with van der Waals surface area (Å²) in [6, 6.07) is 67.8. The Hall–Kier alpha value is -5.98. The van der Waals surface area contributed by atoms with Crippen molar-refractivity contribution in [2.75, 3.05) is 0 Å². The number of fused-ring (bicyclic) bond motifs is 6. The molecule has 9 aromatic rings. The van der Waals surface area contributed by atoms with Crippen LogP contribution in [0.25, 0.3) is 65.3 Å². The maximum absolute atomic E-state index is 2.44. The monoisotopic (exact) mass is 594 g/mol. The van der Waals surface area contributed by atoms with E-state index in [-0.39, 0.29) is 0 Å². The molecule has 0 bridgehead atoms. The van der Waals surface area contributed by atoms with E-state index >= 15 is 0 Å². The molecule has 0 fully saturated rings. The molecule has 47 heavy (non-hydrogen) atoms. The SMILES string of the molecule is c1ccc(C2(c3ccccc3)c3ccc(-c4ccc5c(ccc6cc7ccccc7cc65)c4)cc3-c3cccc4cccc2c34)cc1. The van der Waals surface area contributed by atoms with Gasteiger partial charge >= 0.3 is 0 Å². The van der Waals surface area contributed by atoms with E-state index in [2.05, 4.69) is 182 Å². The van der Waals surface area contributed by atoms with Gasteiger partial charge in [0.05, 0.1) is 5.41 Å². The van der Waals surface area contributed by atoms with Crippen LogP contribution < -0.4 is 0 Å². The highest BCUT2D eigenvalue weighted by Gasteiger charge is 2.44. The van der Waals surface area contributed by atoms with Crippen LogP contribution in [0.3, 0.4) is 0 Å². The van der Waals surface area contributed by atoms with Crippen LogP contribution in [0.4, 0.5) is 0 Å². The standard InChI is InChI=1S/C47H30/c1-3-15-38(16-4-1)47(39-17-5-2-6-18-39)44-26-24-35(30-43(44)41-19-9-13-31-14-10-20-45(47)46(31)41)34-23-25-40-36(28-34)21-22-37-27-32-11-7-8-12-33(32)29-42(37)40/h1-30H. The van der Waals surface area contributed by atoms with Crippen molar-refractivity contribution in [3.05, 3.63) is 204 Å². The topological polar surface area (TPSA) is 0 Å². The molecule has 0 heteroatoms. The molecule has 0 aromatic heterocycles. The third-order valence-corrected chi connectivity index (χ3v) is 10.5. The van der Waals surface area contributed by atoms with Crippen molar-refractivity contribution in [2.45, 2.75) is 5.41 Å². The van der Waals surface area contributed by atoms with Crippen LogP contribution in [0.15, 0.2) is 182 Å². The van der Waals surface area contributed by atoms with Crippen LogP contribution in [0.2, 0.25) is 0 Å². The molecule has 9 aromatic carbocycles. The molecule has 0 N–H and O–H groups in total. The first-order valence-electron chi connectivity index (χ1n) is 16.4. The van der Waals surface area contributed by atoms with Gasteiger partial charge in [0, 0.05) is 0 Å². The van der Waals surface area contributed by atoms with Gasteiger partial charge in [-0.05, 0) is 112 Å². The van der Waals surface area contributed by atoms with Crippen LogP contribution in [0.5, 0.6) is 0 Å². The van der Waals surface area contributed by atoms with E-state index < -0.39 is 5.41 Å². The molecule has 0 saturated heterocycles. The number of benzene rings is 9. The summed E-state index contributed by atoms with van der Waals surface area (Å²) in [6.07, 6.45) is 0. The van der Waals surface area contributed by atoms with Gasteiger partial charge in [0.1, 0.15) is 0 Å². The van der Waals surface area contributed by atoms with Gasteiger partial charge in [-0.15, -0.1) is 0 Å². The summed E-state index contributed by atoms with van der Waals surface area (Å²) >= 11 is 0. The Morgan fingerprint density at radius 3 is 1.64 bits per heavy atom. The minimum absolute atomic E-state index is 0.449. The van der Waals surface area contributed by atoms with Gasteiger partial charge < -0.3 is 0 Å². The fraction of sp³-hybridized carbons (Fsp3) is 0.0213. The molecule has 1 aliphatic carbocycles. The lowest BCUT2D eigenvalue weighted by atomic mass is 9.59. The maximum Gasteiger partial charge on any atom is 0.0713 e. The second-order valence-electron chi connectivity index (χ2n) is 12.9. The molecule has 0 heterocycles. The molecule has 0 unspecified atom stereocenters. The summed E-state index contributed by atoms with van der Waals surface area (Å²) < 4.78 is 0. The van der Waals surface area contributed by atoms with Gasteiger partial charge in [0.2, 0.25) is 0 Å². The molecule has 0 aliphatic heterocycles. The number of rotatable bonds is 3. The Labute approximate surface area is 274 Å². The molecule has 0 radical (unpaired) electrons. The minimum atomic E-state index is -0.449. The van der Waals surface area contributed by atoms with Gasteiger partial charge in [-0.1, -0.05) is 158 Å². The van der Waals surface area contributed by atoms with Gasteiger partial charge in [-0.3, -0.25) is 0 Å². The molecule has 10 rings (SSSR count). The van der Waals surface area contributed by atoms with E-state index in [4.69, 9.17) is 0 Å². The molecule has 0 spiro atoms. The van der Waals surface area contributed by atoms with Crippen LogP contribution in [0.1, 0.15) is 22.3 Å². The average molecular weight is 595 g/mol. The molecule has 0 atom stereocenters. The summed E-state index contributed by atoms with van der Waals surface area (Å²) in [6.45, 7) is 0. The minimum Gasteiger partial charge on any atom is -0.0622 e. The third kappa shape index (κ3) is 3.76. The lowest BCUT2D eigenvalue weighted by Crippen LogP contribution is -2.33. The smallest absolute Gasteiger partial charge is 0.0622 e. The van der Waals surface area contributed by atoms with Crippen molar-refractivity contribution in [1.82, 2.24) is 0 Å². The van der Waals surface area contributed by atoms with Gasteiger partial charge in [0.15, 0.2) is 0 Å². The van der Waals surface area contributed by atoms with Crippen molar-refractivity contribution in [2.24, 2.45) is 0 Å². The lowest BCUT2D eigenvalue weighted by Gasteiger charge is -2.42. The molecule has 0 nitrogen and oxygen atoms in total. The summed E-state index contributed by atoms with van der Waals surface area (Å²) in [5.41, 5.74) is 9.85. The van der Waals surface area contributed by atoms with Crippen LogP contribution in [-0.2, 0) is 5.41 Å². The Balaban J connectivity index is 1.24. The van der Waals surface area contributed by atoms with Crippen LogP contribution >= 0.6 is 0 Å². The van der Waals surface area contributed by atoms with Crippen molar-refractivity contribution in [1.29, 1.82) is 0 Å². The predicted molar refractivity (Wildman–Crippen MR) is 199 cm³/mol. The van der Waals surface area contributed by atoms with Gasteiger partial charge in [0.25, 0.3) is 0 Å².